The van der Waals surface area contributed by atoms with Gasteiger partial charge in [0.05, 0.1) is 12.7 Å². The lowest BCUT2D eigenvalue weighted by atomic mass is 10.1. The van der Waals surface area contributed by atoms with Crippen molar-refractivity contribution in [3.63, 3.8) is 0 Å². The first-order valence-electron chi connectivity index (χ1n) is 8.67. The van der Waals surface area contributed by atoms with Crippen LogP contribution in [0, 0.1) is 0 Å². The van der Waals surface area contributed by atoms with Gasteiger partial charge in [0.2, 0.25) is 5.91 Å². The Balaban J connectivity index is 1.58. The third-order valence-corrected chi connectivity index (χ3v) is 4.59. The van der Waals surface area contributed by atoms with Crippen LogP contribution in [0.1, 0.15) is 32.1 Å². The Bertz CT molecular complexity index is 505. The molecule has 0 bridgehead atoms. The van der Waals surface area contributed by atoms with Crippen LogP contribution >= 0.6 is 15.9 Å². The molecule has 0 atom stereocenters. The van der Waals surface area contributed by atoms with Crippen LogP contribution in [0.15, 0.2) is 28.7 Å². The summed E-state index contributed by atoms with van der Waals surface area (Å²) >= 11 is 3.41. The number of piperidine rings is 1. The average Bonchev–Trinajstić information content (AvgIpc) is 2.59. The van der Waals surface area contributed by atoms with E-state index in [0.717, 1.165) is 55.6 Å². The Morgan fingerprint density at radius 1 is 1.25 bits per heavy atom. The Kier molecular flexibility index (Phi) is 8.56. The lowest BCUT2D eigenvalue weighted by Crippen LogP contribution is -2.41. The van der Waals surface area contributed by atoms with E-state index in [1.807, 2.05) is 29.2 Å². The third kappa shape index (κ3) is 6.79. The number of carbonyl (C=O) groups is 1. The number of hydrogen-bond donors (Lipinski definition) is 1. The molecule has 134 valence electrons. The third-order valence-electron chi connectivity index (χ3n) is 4.10. The summed E-state index contributed by atoms with van der Waals surface area (Å²) < 4.78 is 12.4. The average molecular weight is 399 g/mol. The molecule has 0 radical (unpaired) electrons. The molecule has 24 heavy (non-hydrogen) atoms. The van der Waals surface area contributed by atoms with Crippen LogP contribution in [0.3, 0.4) is 0 Å². The molecule has 1 amide bonds. The molecule has 2 rings (SSSR count). The normalized spacial score (nSPS) is 15.5. The molecule has 1 fully saturated rings. The predicted molar refractivity (Wildman–Crippen MR) is 98.1 cm³/mol. The Morgan fingerprint density at radius 2 is 2.04 bits per heavy atom. The number of amides is 1. The summed E-state index contributed by atoms with van der Waals surface area (Å²) in [5.74, 6) is 1.04. The number of nitrogens with two attached hydrogens (primary N) is 1. The van der Waals surface area contributed by atoms with Crippen molar-refractivity contribution in [3.05, 3.63) is 28.7 Å². The molecular weight excluding hydrogens is 372 g/mol. The summed E-state index contributed by atoms with van der Waals surface area (Å²) in [6.07, 6.45) is 4.29. The van der Waals surface area contributed by atoms with Gasteiger partial charge in [0.1, 0.15) is 5.75 Å². The molecule has 6 heteroatoms. The first kappa shape index (κ1) is 19.2. The summed E-state index contributed by atoms with van der Waals surface area (Å²) in [4.78, 5) is 14.2. The number of likely N-dealkylation sites (tertiary alicyclic amines) is 1. The van der Waals surface area contributed by atoms with Crippen LogP contribution in [-0.2, 0) is 9.53 Å². The first-order valence-corrected chi connectivity index (χ1v) is 9.46. The van der Waals surface area contributed by atoms with Crippen molar-refractivity contribution in [1.82, 2.24) is 4.90 Å². The summed E-state index contributed by atoms with van der Waals surface area (Å²) in [5, 5.41) is 0. The van der Waals surface area contributed by atoms with E-state index in [0.29, 0.717) is 19.6 Å². The molecule has 0 aliphatic carbocycles. The fraction of sp³-hybridized carbons (Fsp3) is 0.611. The summed E-state index contributed by atoms with van der Waals surface area (Å²) in [6.45, 7) is 3.53. The zero-order valence-electron chi connectivity index (χ0n) is 14.1. The van der Waals surface area contributed by atoms with Gasteiger partial charge in [0, 0.05) is 30.6 Å². The van der Waals surface area contributed by atoms with Crippen molar-refractivity contribution in [2.24, 2.45) is 5.73 Å². The van der Waals surface area contributed by atoms with E-state index in [2.05, 4.69) is 15.9 Å². The van der Waals surface area contributed by atoms with Crippen molar-refractivity contribution in [2.45, 2.75) is 38.2 Å². The van der Waals surface area contributed by atoms with E-state index < -0.39 is 0 Å². The standard InChI is InChI=1S/C18H27BrN2O3/c19-15-4-1-5-17(14-15)24-12-2-6-18(22)21-10-7-16(8-11-21)23-13-3-9-20/h1,4-5,14,16H,2-3,6-13,20H2. The summed E-state index contributed by atoms with van der Waals surface area (Å²) in [6, 6.07) is 7.74. The van der Waals surface area contributed by atoms with E-state index >= 15 is 0 Å². The topological polar surface area (TPSA) is 64.8 Å². The van der Waals surface area contributed by atoms with Crippen LogP contribution in [0.4, 0.5) is 0 Å². The largest absolute Gasteiger partial charge is 0.494 e. The number of halogens is 1. The summed E-state index contributed by atoms with van der Waals surface area (Å²) in [5.41, 5.74) is 5.46. The quantitative estimate of drug-likeness (QED) is 0.649. The van der Waals surface area contributed by atoms with E-state index in [4.69, 9.17) is 15.2 Å². The highest BCUT2D eigenvalue weighted by molar-refractivity contribution is 9.10. The molecular formula is C18H27BrN2O3. The zero-order chi connectivity index (χ0) is 17.2. The van der Waals surface area contributed by atoms with Gasteiger partial charge in [0.25, 0.3) is 0 Å². The first-order chi connectivity index (χ1) is 11.7. The van der Waals surface area contributed by atoms with Crippen LogP contribution in [0.5, 0.6) is 5.75 Å². The van der Waals surface area contributed by atoms with Gasteiger partial charge in [-0.25, -0.2) is 0 Å². The molecule has 0 saturated carbocycles. The number of rotatable bonds is 9. The minimum absolute atomic E-state index is 0.216. The van der Waals surface area contributed by atoms with E-state index in [9.17, 15) is 4.79 Å². The fourth-order valence-corrected chi connectivity index (χ4v) is 3.11. The maximum atomic E-state index is 12.2. The van der Waals surface area contributed by atoms with Crippen LogP contribution < -0.4 is 10.5 Å². The number of benzene rings is 1. The minimum atomic E-state index is 0.216. The molecule has 0 spiro atoms. The lowest BCUT2D eigenvalue weighted by Gasteiger charge is -2.32. The van der Waals surface area contributed by atoms with E-state index in [1.54, 1.807) is 0 Å². The smallest absolute Gasteiger partial charge is 0.222 e. The lowest BCUT2D eigenvalue weighted by molar-refractivity contribution is -0.134. The Hall–Kier alpha value is -1.11. The van der Waals surface area contributed by atoms with Gasteiger partial charge in [-0.2, -0.15) is 0 Å². The molecule has 1 saturated heterocycles. The monoisotopic (exact) mass is 398 g/mol. The van der Waals surface area contributed by atoms with Crippen LogP contribution in [0.2, 0.25) is 0 Å². The number of carbonyl (C=O) groups excluding carboxylic acids is 1. The van der Waals surface area contributed by atoms with E-state index in [1.165, 1.54) is 0 Å². The number of ether oxygens (including phenoxy) is 2. The Labute approximate surface area is 152 Å². The summed E-state index contributed by atoms with van der Waals surface area (Å²) in [7, 11) is 0. The molecule has 1 aromatic rings. The van der Waals surface area contributed by atoms with Gasteiger partial charge in [-0.3, -0.25) is 4.79 Å². The van der Waals surface area contributed by atoms with Gasteiger partial charge >= 0.3 is 0 Å². The van der Waals surface area contributed by atoms with Crippen molar-refractivity contribution < 1.29 is 14.3 Å². The maximum Gasteiger partial charge on any atom is 0.222 e. The van der Waals surface area contributed by atoms with Crippen molar-refractivity contribution in [3.8, 4) is 5.75 Å². The second kappa shape index (κ2) is 10.7. The number of hydrogen-bond acceptors (Lipinski definition) is 4. The van der Waals surface area contributed by atoms with Crippen molar-refractivity contribution in [1.29, 1.82) is 0 Å². The Morgan fingerprint density at radius 3 is 2.75 bits per heavy atom. The minimum Gasteiger partial charge on any atom is -0.494 e. The highest BCUT2D eigenvalue weighted by atomic mass is 79.9. The molecule has 2 N–H and O–H groups in total. The highest BCUT2D eigenvalue weighted by Crippen LogP contribution is 2.18. The fourth-order valence-electron chi connectivity index (χ4n) is 2.73. The molecule has 0 aromatic heterocycles. The maximum absolute atomic E-state index is 12.2. The van der Waals surface area contributed by atoms with Gasteiger partial charge in [0.15, 0.2) is 0 Å². The zero-order valence-corrected chi connectivity index (χ0v) is 15.7. The van der Waals surface area contributed by atoms with Gasteiger partial charge in [-0.15, -0.1) is 0 Å². The van der Waals surface area contributed by atoms with Gasteiger partial charge < -0.3 is 20.1 Å². The second-order valence-electron chi connectivity index (χ2n) is 6.00. The van der Waals surface area contributed by atoms with Crippen LogP contribution in [0.25, 0.3) is 0 Å². The predicted octanol–water partition coefficient (Wildman–Crippen LogP) is 2.96. The molecule has 1 aromatic carbocycles. The van der Waals surface area contributed by atoms with Crippen molar-refractivity contribution in [2.75, 3.05) is 32.8 Å². The number of nitrogens with zero attached hydrogens (tertiary/aromatic N) is 1. The van der Waals surface area contributed by atoms with Crippen LogP contribution in [-0.4, -0.2) is 49.8 Å². The molecule has 5 nitrogen and oxygen atoms in total. The second-order valence-corrected chi connectivity index (χ2v) is 6.92. The molecule has 1 aliphatic rings. The van der Waals surface area contributed by atoms with Gasteiger partial charge in [-0.05, 0) is 50.4 Å². The molecule has 0 unspecified atom stereocenters. The SMILES string of the molecule is NCCCOC1CCN(C(=O)CCCOc2cccc(Br)c2)CC1. The van der Waals surface area contributed by atoms with Crippen molar-refractivity contribution >= 4 is 21.8 Å². The molecule has 1 heterocycles. The molecule has 1 aliphatic heterocycles. The van der Waals surface area contributed by atoms with Gasteiger partial charge in [-0.1, -0.05) is 22.0 Å². The highest BCUT2D eigenvalue weighted by Gasteiger charge is 2.22. The van der Waals surface area contributed by atoms with E-state index in [-0.39, 0.29) is 12.0 Å².